The Kier molecular flexibility index (Phi) is 4.98. The van der Waals surface area contributed by atoms with Crippen LogP contribution < -0.4 is 0 Å². The van der Waals surface area contributed by atoms with Crippen molar-refractivity contribution in [3.8, 4) is 0 Å². The number of esters is 1. The summed E-state index contributed by atoms with van der Waals surface area (Å²) < 4.78 is 5.87. The number of carbonyl (C=O) groups excluding carboxylic acids is 1. The van der Waals surface area contributed by atoms with Gasteiger partial charge in [-0.05, 0) is 59.2 Å². The highest BCUT2D eigenvalue weighted by molar-refractivity contribution is 9.10. The highest BCUT2D eigenvalue weighted by atomic mass is 79.9. The first-order chi connectivity index (χ1) is 9.86. The van der Waals surface area contributed by atoms with E-state index in [0.717, 1.165) is 19.3 Å². The minimum absolute atomic E-state index is 0.0982. The molecular weight excluding hydrogens is 338 g/mol. The minimum atomic E-state index is -0.522. The summed E-state index contributed by atoms with van der Waals surface area (Å²) in [5.74, 6) is 0.577. The van der Waals surface area contributed by atoms with Gasteiger partial charge in [-0.3, -0.25) is 10.1 Å². The van der Waals surface area contributed by atoms with Crippen molar-refractivity contribution in [3.63, 3.8) is 0 Å². The van der Waals surface area contributed by atoms with Crippen molar-refractivity contribution in [1.82, 2.24) is 0 Å². The number of ether oxygens (including phenoxy) is 1. The topological polar surface area (TPSA) is 69.4 Å². The molecule has 1 aliphatic carbocycles. The van der Waals surface area contributed by atoms with E-state index in [4.69, 9.17) is 4.74 Å². The Morgan fingerprint density at radius 1 is 1.29 bits per heavy atom. The van der Waals surface area contributed by atoms with Crippen LogP contribution in [0.4, 0.5) is 5.69 Å². The van der Waals surface area contributed by atoms with Crippen LogP contribution in [0.2, 0.25) is 0 Å². The number of benzene rings is 1. The quantitative estimate of drug-likeness (QED) is 0.459. The van der Waals surface area contributed by atoms with Crippen LogP contribution in [0.5, 0.6) is 0 Å². The maximum absolute atomic E-state index is 12.2. The zero-order valence-corrected chi connectivity index (χ0v) is 13.6. The standard InChI is InChI=1S/C15H18BrNO4/c1-9-5-10(2)7-12(6-9)21-15(18)11-3-4-13(16)14(8-11)17(19)20/h3-4,8-10,12H,5-7H2,1-2H3. The molecule has 2 atom stereocenters. The molecule has 2 rings (SSSR count). The van der Waals surface area contributed by atoms with Gasteiger partial charge in [-0.2, -0.15) is 0 Å². The van der Waals surface area contributed by atoms with Crippen molar-refractivity contribution in [1.29, 1.82) is 0 Å². The van der Waals surface area contributed by atoms with Crippen molar-refractivity contribution in [3.05, 3.63) is 38.3 Å². The van der Waals surface area contributed by atoms with E-state index < -0.39 is 10.9 Å². The fraction of sp³-hybridized carbons (Fsp3) is 0.533. The van der Waals surface area contributed by atoms with Gasteiger partial charge in [-0.25, -0.2) is 4.79 Å². The first-order valence-corrected chi connectivity index (χ1v) is 7.81. The van der Waals surface area contributed by atoms with Crippen LogP contribution in [-0.4, -0.2) is 17.0 Å². The lowest BCUT2D eigenvalue weighted by Gasteiger charge is -2.31. The number of nitro groups is 1. The fourth-order valence-corrected chi connectivity index (χ4v) is 3.36. The van der Waals surface area contributed by atoms with E-state index in [1.54, 1.807) is 0 Å². The molecule has 114 valence electrons. The molecule has 1 fully saturated rings. The Morgan fingerprint density at radius 2 is 1.90 bits per heavy atom. The Morgan fingerprint density at radius 3 is 2.48 bits per heavy atom. The molecule has 1 aliphatic rings. The molecule has 0 bridgehead atoms. The molecule has 0 aromatic heterocycles. The molecule has 0 heterocycles. The van der Waals surface area contributed by atoms with Gasteiger partial charge in [0, 0.05) is 6.07 Å². The van der Waals surface area contributed by atoms with Crippen molar-refractivity contribution >= 4 is 27.6 Å². The number of nitrogens with zero attached hydrogens (tertiary/aromatic N) is 1. The SMILES string of the molecule is CC1CC(C)CC(OC(=O)c2ccc(Br)c([N+](=O)[O-])c2)C1. The highest BCUT2D eigenvalue weighted by Crippen LogP contribution is 2.31. The summed E-state index contributed by atoms with van der Waals surface area (Å²) in [5.41, 5.74) is 0.0885. The number of hydrogen-bond donors (Lipinski definition) is 0. The second-order valence-corrected chi connectivity index (χ2v) is 6.72. The second-order valence-electron chi connectivity index (χ2n) is 5.87. The molecule has 2 unspecified atom stereocenters. The number of nitro benzene ring substituents is 1. The van der Waals surface area contributed by atoms with Gasteiger partial charge >= 0.3 is 5.97 Å². The lowest BCUT2D eigenvalue weighted by atomic mass is 9.82. The first-order valence-electron chi connectivity index (χ1n) is 7.01. The van der Waals surface area contributed by atoms with Crippen molar-refractivity contribution in [2.24, 2.45) is 11.8 Å². The van der Waals surface area contributed by atoms with Gasteiger partial charge in [0.2, 0.25) is 0 Å². The fourth-order valence-electron chi connectivity index (χ4n) is 2.97. The number of rotatable bonds is 3. The number of hydrogen-bond acceptors (Lipinski definition) is 4. The predicted molar refractivity (Wildman–Crippen MR) is 82.2 cm³/mol. The average Bonchev–Trinajstić information content (AvgIpc) is 2.37. The van der Waals surface area contributed by atoms with Crippen molar-refractivity contribution in [2.75, 3.05) is 0 Å². The van der Waals surface area contributed by atoms with E-state index in [2.05, 4.69) is 29.8 Å². The molecule has 1 aromatic carbocycles. The monoisotopic (exact) mass is 355 g/mol. The van der Waals surface area contributed by atoms with Gasteiger partial charge in [0.25, 0.3) is 5.69 Å². The molecule has 6 heteroatoms. The molecule has 5 nitrogen and oxygen atoms in total. The van der Waals surface area contributed by atoms with Crippen LogP contribution in [0.3, 0.4) is 0 Å². The predicted octanol–water partition coefficient (Wildman–Crippen LogP) is 4.34. The molecule has 0 radical (unpaired) electrons. The maximum Gasteiger partial charge on any atom is 0.338 e. The van der Waals surface area contributed by atoms with E-state index in [1.165, 1.54) is 18.2 Å². The van der Waals surface area contributed by atoms with Crippen LogP contribution in [0.1, 0.15) is 43.5 Å². The summed E-state index contributed by atoms with van der Waals surface area (Å²) in [6, 6.07) is 4.29. The van der Waals surface area contributed by atoms with Gasteiger partial charge < -0.3 is 4.74 Å². The Balaban J connectivity index is 2.10. The van der Waals surface area contributed by atoms with E-state index in [1.807, 2.05) is 0 Å². The normalized spacial score (nSPS) is 25.4. The molecule has 21 heavy (non-hydrogen) atoms. The van der Waals surface area contributed by atoms with Gasteiger partial charge in [-0.15, -0.1) is 0 Å². The van der Waals surface area contributed by atoms with Crippen LogP contribution in [0.15, 0.2) is 22.7 Å². The zero-order chi connectivity index (χ0) is 15.6. The number of halogens is 1. The summed E-state index contributed by atoms with van der Waals surface area (Å²) in [6.45, 7) is 4.31. The summed E-state index contributed by atoms with van der Waals surface area (Å²) in [6.07, 6.45) is 2.76. The van der Waals surface area contributed by atoms with Crippen LogP contribution in [0.25, 0.3) is 0 Å². The van der Waals surface area contributed by atoms with Gasteiger partial charge in [-0.1, -0.05) is 13.8 Å². The summed E-state index contributed by atoms with van der Waals surface area (Å²) in [7, 11) is 0. The largest absolute Gasteiger partial charge is 0.459 e. The van der Waals surface area contributed by atoms with Crippen molar-refractivity contribution < 1.29 is 14.5 Å². The first kappa shape index (κ1) is 15.9. The molecule has 0 amide bonds. The lowest BCUT2D eigenvalue weighted by Crippen LogP contribution is -2.28. The molecule has 0 spiro atoms. The van der Waals surface area contributed by atoms with Crippen LogP contribution >= 0.6 is 15.9 Å². The highest BCUT2D eigenvalue weighted by Gasteiger charge is 2.27. The molecule has 1 saturated carbocycles. The van der Waals surface area contributed by atoms with E-state index in [9.17, 15) is 14.9 Å². The zero-order valence-electron chi connectivity index (χ0n) is 12.0. The van der Waals surface area contributed by atoms with Crippen molar-refractivity contribution in [2.45, 2.75) is 39.2 Å². The number of carbonyl (C=O) groups is 1. The van der Waals surface area contributed by atoms with Gasteiger partial charge in [0.1, 0.15) is 6.10 Å². The average molecular weight is 356 g/mol. The van der Waals surface area contributed by atoms with E-state index >= 15 is 0 Å². The molecule has 1 aromatic rings. The smallest absolute Gasteiger partial charge is 0.338 e. The Bertz CT molecular complexity index is 551. The molecule has 0 saturated heterocycles. The Labute approximate surface area is 132 Å². The second kappa shape index (κ2) is 6.56. The lowest BCUT2D eigenvalue weighted by molar-refractivity contribution is -0.385. The molecule has 0 N–H and O–H groups in total. The van der Waals surface area contributed by atoms with Gasteiger partial charge in [0.05, 0.1) is 15.0 Å². The molecule has 0 aliphatic heterocycles. The maximum atomic E-state index is 12.2. The Hall–Kier alpha value is -1.43. The third kappa shape index (κ3) is 4.03. The minimum Gasteiger partial charge on any atom is -0.459 e. The third-order valence-electron chi connectivity index (χ3n) is 3.79. The third-order valence-corrected chi connectivity index (χ3v) is 4.46. The summed E-state index contributed by atoms with van der Waals surface area (Å²) >= 11 is 3.10. The van der Waals surface area contributed by atoms with Crippen LogP contribution in [-0.2, 0) is 4.74 Å². The molecular formula is C15H18BrNO4. The van der Waals surface area contributed by atoms with E-state index in [-0.39, 0.29) is 17.4 Å². The summed E-state index contributed by atoms with van der Waals surface area (Å²) in [5, 5.41) is 10.9. The van der Waals surface area contributed by atoms with Gasteiger partial charge in [0.15, 0.2) is 0 Å². The van der Waals surface area contributed by atoms with E-state index in [0.29, 0.717) is 16.3 Å². The summed E-state index contributed by atoms with van der Waals surface area (Å²) in [4.78, 5) is 22.5. The van der Waals surface area contributed by atoms with Crippen LogP contribution in [0, 0.1) is 22.0 Å².